The molecule has 27 heavy (non-hydrogen) atoms. The van der Waals surface area contributed by atoms with E-state index >= 15 is 0 Å². The van der Waals surface area contributed by atoms with Crippen molar-refractivity contribution in [1.82, 2.24) is 14.8 Å². The maximum absolute atomic E-state index is 12.9. The molecule has 1 atom stereocenters. The Bertz CT molecular complexity index is 814. The summed E-state index contributed by atoms with van der Waals surface area (Å²) in [6, 6.07) is 13.8. The van der Waals surface area contributed by atoms with E-state index < -0.39 is 0 Å². The number of hydrogen-bond donors (Lipinski definition) is 0. The summed E-state index contributed by atoms with van der Waals surface area (Å²) in [5.41, 5.74) is 1.97. The monoisotopic (exact) mass is 363 g/mol. The molecule has 2 aromatic rings. The number of pyridine rings is 1. The molecule has 2 aliphatic heterocycles. The lowest BCUT2D eigenvalue weighted by Crippen LogP contribution is -2.53. The normalized spacial score (nSPS) is 21.7. The summed E-state index contributed by atoms with van der Waals surface area (Å²) in [5, 5.41) is 0. The second kappa shape index (κ2) is 7.14. The zero-order valence-electron chi connectivity index (χ0n) is 15.7. The van der Waals surface area contributed by atoms with E-state index in [0.717, 1.165) is 30.4 Å². The minimum atomic E-state index is -0.120. The Kier molecular flexibility index (Phi) is 4.68. The van der Waals surface area contributed by atoms with Crippen molar-refractivity contribution in [2.45, 2.75) is 37.1 Å². The molecule has 1 aromatic heterocycles. The summed E-state index contributed by atoms with van der Waals surface area (Å²) in [5.74, 6) is 0.302. The SMILES string of the molecule is CN1C(=O)[C@@H](c2ccccc2)CC12CCN(C(=O)Cc1ccncc1)CC2. The highest BCUT2D eigenvalue weighted by atomic mass is 16.2. The third kappa shape index (κ3) is 3.34. The van der Waals surface area contributed by atoms with E-state index in [-0.39, 0.29) is 23.3 Å². The van der Waals surface area contributed by atoms with Gasteiger partial charge in [0, 0.05) is 38.1 Å². The van der Waals surface area contributed by atoms with Crippen LogP contribution in [-0.2, 0) is 16.0 Å². The van der Waals surface area contributed by atoms with Gasteiger partial charge in [0.2, 0.25) is 11.8 Å². The van der Waals surface area contributed by atoms with Gasteiger partial charge < -0.3 is 9.80 Å². The zero-order chi connectivity index (χ0) is 18.9. The van der Waals surface area contributed by atoms with Crippen molar-refractivity contribution in [1.29, 1.82) is 0 Å². The fourth-order valence-electron chi connectivity index (χ4n) is 4.52. The number of nitrogens with zero attached hydrogens (tertiary/aromatic N) is 3. The zero-order valence-corrected chi connectivity index (χ0v) is 15.7. The van der Waals surface area contributed by atoms with Gasteiger partial charge in [-0.2, -0.15) is 0 Å². The first-order valence-corrected chi connectivity index (χ1v) is 9.58. The fourth-order valence-corrected chi connectivity index (χ4v) is 4.52. The van der Waals surface area contributed by atoms with Gasteiger partial charge in [-0.15, -0.1) is 0 Å². The van der Waals surface area contributed by atoms with E-state index in [4.69, 9.17) is 0 Å². The van der Waals surface area contributed by atoms with Gasteiger partial charge in [0.25, 0.3) is 0 Å². The summed E-state index contributed by atoms with van der Waals surface area (Å²) in [4.78, 5) is 33.4. The van der Waals surface area contributed by atoms with Crippen LogP contribution in [0.3, 0.4) is 0 Å². The van der Waals surface area contributed by atoms with Crippen LogP contribution in [-0.4, -0.2) is 52.3 Å². The van der Waals surface area contributed by atoms with Crippen molar-refractivity contribution in [3.8, 4) is 0 Å². The minimum Gasteiger partial charge on any atom is -0.342 e. The Morgan fingerprint density at radius 2 is 1.78 bits per heavy atom. The molecule has 0 unspecified atom stereocenters. The predicted molar refractivity (Wildman–Crippen MR) is 103 cm³/mol. The summed E-state index contributed by atoms with van der Waals surface area (Å²) >= 11 is 0. The van der Waals surface area contributed by atoms with E-state index in [1.54, 1.807) is 12.4 Å². The molecule has 0 saturated carbocycles. The first-order chi connectivity index (χ1) is 13.1. The van der Waals surface area contributed by atoms with Crippen molar-refractivity contribution in [2.75, 3.05) is 20.1 Å². The van der Waals surface area contributed by atoms with Crippen LogP contribution in [0.15, 0.2) is 54.9 Å². The number of carbonyl (C=O) groups excluding carboxylic acids is 2. The van der Waals surface area contributed by atoms with Gasteiger partial charge in [-0.1, -0.05) is 30.3 Å². The molecule has 2 fully saturated rings. The molecular formula is C22H25N3O2. The largest absolute Gasteiger partial charge is 0.342 e. The van der Waals surface area contributed by atoms with E-state index in [1.807, 2.05) is 59.3 Å². The lowest BCUT2D eigenvalue weighted by Gasteiger charge is -2.43. The van der Waals surface area contributed by atoms with Gasteiger partial charge >= 0.3 is 0 Å². The van der Waals surface area contributed by atoms with Crippen LogP contribution in [0.25, 0.3) is 0 Å². The van der Waals surface area contributed by atoms with Gasteiger partial charge in [-0.3, -0.25) is 14.6 Å². The molecule has 0 bridgehead atoms. The van der Waals surface area contributed by atoms with Gasteiger partial charge in [0.15, 0.2) is 0 Å². The molecule has 2 saturated heterocycles. The number of benzene rings is 1. The number of likely N-dealkylation sites (N-methyl/N-ethyl adjacent to an activating group) is 1. The first kappa shape index (κ1) is 17.7. The molecule has 0 N–H and O–H groups in total. The predicted octanol–water partition coefficient (Wildman–Crippen LogP) is 2.63. The smallest absolute Gasteiger partial charge is 0.230 e. The molecular weight excluding hydrogens is 338 g/mol. The third-order valence-corrected chi connectivity index (χ3v) is 6.28. The van der Waals surface area contributed by atoms with Crippen LogP contribution >= 0.6 is 0 Å². The highest BCUT2D eigenvalue weighted by Gasteiger charge is 2.50. The van der Waals surface area contributed by atoms with Crippen LogP contribution in [0.2, 0.25) is 0 Å². The van der Waals surface area contributed by atoms with Crippen molar-refractivity contribution in [2.24, 2.45) is 0 Å². The van der Waals surface area contributed by atoms with E-state index in [9.17, 15) is 9.59 Å². The Hall–Kier alpha value is -2.69. The highest BCUT2D eigenvalue weighted by Crippen LogP contribution is 2.44. The Balaban J connectivity index is 1.42. The Morgan fingerprint density at radius 1 is 1.11 bits per heavy atom. The van der Waals surface area contributed by atoms with Gasteiger partial charge in [0.05, 0.1) is 12.3 Å². The fraction of sp³-hybridized carbons (Fsp3) is 0.409. The molecule has 3 heterocycles. The quantitative estimate of drug-likeness (QED) is 0.842. The van der Waals surface area contributed by atoms with Crippen LogP contribution in [0, 0.1) is 0 Å². The Labute approximate surface area is 160 Å². The number of likely N-dealkylation sites (tertiary alicyclic amines) is 2. The number of hydrogen-bond acceptors (Lipinski definition) is 3. The molecule has 5 nitrogen and oxygen atoms in total. The molecule has 2 aliphatic rings. The molecule has 0 aliphatic carbocycles. The van der Waals surface area contributed by atoms with E-state index in [0.29, 0.717) is 19.5 Å². The summed E-state index contributed by atoms with van der Waals surface area (Å²) < 4.78 is 0. The number of aromatic nitrogens is 1. The molecule has 0 radical (unpaired) electrons. The maximum atomic E-state index is 12.9. The van der Waals surface area contributed by atoms with Crippen molar-refractivity contribution in [3.05, 3.63) is 66.0 Å². The van der Waals surface area contributed by atoms with Crippen LogP contribution in [0.1, 0.15) is 36.3 Å². The molecule has 1 aromatic carbocycles. The maximum Gasteiger partial charge on any atom is 0.230 e. The average molecular weight is 363 g/mol. The number of rotatable bonds is 3. The van der Waals surface area contributed by atoms with Crippen LogP contribution in [0.4, 0.5) is 0 Å². The van der Waals surface area contributed by atoms with Crippen molar-refractivity contribution >= 4 is 11.8 Å². The third-order valence-electron chi connectivity index (χ3n) is 6.28. The van der Waals surface area contributed by atoms with Crippen molar-refractivity contribution in [3.63, 3.8) is 0 Å². The minimum absolute atomic E-state index is 0.0599. The average Bonchev–Trinajstić information content (AvgIpc) is 2.95. The second-order valence-electron chi connectivity index (χ2n) is 7.70. The second-order valence-corrected chi connectivity index (χ2v) is 7.70. The van der Waals surface area contributed by atoms with Gasteiger partial charge in [0.1, 0.15) is 0 Å². The van der Waals surface area contributed by atoms with E-state index in [2.05, 4.69) is 4.98 Å². The molecule has 4 rings (SSSR count). The topological polar surface area (TPSA) is 53.5 Å². The standard InChI is InChI=1S/C22H25N3O2/c1-24-21(27)19(18-5-3-2-4-6-18)16-22(24)9-13-25(14-10-22)20(26)15-17-7-11-23-12-8-17/h2-8,11-12,19H,9-10,13-16H2,1H3/t19-/m1/s1. The number of amides is 2. The number of carbonyl (C=O) groups is 2. The Morgan fingerprint density at radius 3 is 2.44 bits per heavy atom. The summed E-state index contributed by atoms with van der Waals surface area (Å²) in [6.45, 7) is 1.42. The van der Waals surface area contributed by atoms with Crippen LogP contribution < -0.4 is 0 Å². The summed E-state index contributed by atoms with van der Waals surface area (Å²) in [6.07, 6.45) is 6.39. The van der Waals surface area contributed by atoms with Crippen LogP contribution in [0.5, 0.6) is 0 Å². The highest BCUT2D eigenvalue weighted by molar-refractivity contribution is 5.87. The first-order valence-electron chi connectivity index (χ1n) is 9.58. The van der Waals surface area contributed by atoms with Gasteiger partial charge in [-0.25, -0.2) is 0 Å². The van der Waals surface area contributed by atoms with E-state index in [1.165, 1.54) is 0 Å². The number of piperidine rings is 1. The van der Waals surface area contributed by atoms with Crippen molar-refractivity contribution < 1.29 is 9.59 Å². The lowest BCUT2D eigenvalue weighted by atomic mass is 9.81. The molecule has 140 valence electrons. The molecule has 1 spiro atoms. The van der Waals surface area contributed by atoms with Gasteiger partial charge in [-0.05, 0) is 42.5 Å². The molecule has 2 amide bonds. The lowest BCUT2D eigenvalue weighted by molar-refractivity contribution is -0.135. The molecule has 5 heteroatoms. The summed E-state index contributed by atoms with van der Waals surface area (Å²) in [7, 11) is 1.93.